The molecule has 27 heavy (non-hydrogen) atoms. The second-order valence-electron chi connectivity index (χ2n) is 6.47. The number of benzene rings is 3. The van der Waals surface area contributed by atoms with Gasteiger partial charge in [-0.3, -0.25) is 4.99 Å². The molecular weight excluding hydrogens is 358 g/mol. The Balaban J connectivity index is 1.60. The fourth-order valence-corrected chi connectivity index (χ4v) is 4.62. The van der Waals surface area contributed by atoms with Crippen LogP contribution in [0.5, 0.6) is 17.2 Å². The number of para-hydroxylation sites is 2. The summed E-state index contributed by atoms with van der Waals surface area (Å²) in [4.78, 5) is 6.03. The Morgan fingerprint density at radius 2 is 1.74 bits per heavy atom. The first-order chi connectivity index (χ1) is 13.3. The number of nitrogens with zero attached hydrogens (tertiary/aromatic N) is 1. The van der Waals surface area contributed by atoms with Gasteiger partial charge in [0.1, 0.15) is 5.75 Å². The highest BCUT2D eigenvalue weighted by atomic mass is 32.2. The Labute approximate surface area is 161 Å². The zero-order chi connectivity index (χ0) is 18.2. The van der Waals surface area contributed by atoms with E-state index >= 15 is 0 Å². The quantitative estimate of drug-likeness (QED) is 0.644. The second-order valence-corrected chi connectivity index (χ2v) is 7.71. The third kappa shape index (κ3) is 3.04. The Morgan fingerprint density at radius 1 is 0.926 bits per heavy atom. The molecule has 2 aliphatic rings. The second kappa shape index (κ2) is 6.67. The Morgan fingerprint density at radius 3 is 2.67 bits per heavy atom. The summed E-state index contributed by atoms with van der Waals surface area (Å²) in [5.74, 6) is 1.82. The summed E-state index contributed by atoms with van der Waals surface area (Å²) in [7, 11) is 0. The number of thioether (sulfide) groups is 1. The Hall–Kier alpha value is -2.92. The maximum absolute atomic E-state index is 10.4. The lowest BCUT2D eigenvalue weighted by Gasteiger charge is -2.17. The highest BCUT2D eigenvalue weighted by Crippen LogP contribution is 2.47. The molecule has 0 fully saturated rings. The molecule has 5 heteroatoms. The van der Waals surface area contributed by atoms with Gasteiger partial charge < -0.3 is 14.6 Å². The van der Waals surface area contributed by atoms with Gasteiger partial charge in [-0.05, 0) is 42.0 Å². The molecule has 0 aromatic heterocycles. The van der Waals surface area contributed by atoms with Crippen molar-refractivity contribution in [2.75, 3.05) is 6.79 Å². The van der Waals surface area contributed by atoms with Crippen molar-refractivity contribution in [2.45, 2.75) is 16.6 Å². The smallest absolute Gasteiger partial charge is 0.231 e. The fraction of sp³-hybridized carbons (Fsp3) is 0.136. The number of fused-ring (bicyclic) bond motifs is 2. The van der Waals surface area contributed by atoms with Crippen LogP contribution < -0.4 is 9.47 Å². The van der Waals surface area contributed by atoms with Crippen LogP contribution in [0.3, 0.4) is 0 Å². The van der Waals surface area contributed by atoms with E-state index < -0.39 is 0 Å². The lowest BCUT2D eigenvalue weighted by atomic mass is 10.00. The average Bonchev–Trinajstić information content (AvgIpc) is 3.07. The summed E-state index contributed by atoms with van der Waals surface area (Å²) in [5.41, 5.74) is 3.75. The molecule has 2 heterocycles. The van der Waals surface area contributed by atoms with Gasteiger partial charge in [-0.1, -0.05) is 30.3 Å². The molecule has 5 rings (SSSR count). The van der Waals surface area contributed by atoms with Crippen molar-refractivity contribution >= 4 is 23.2 Å². The van der Waals surface area contributed by atoms with Crippen LogP contribution in [-0.4, -0.2) is 17.6 Å². The zero-order valence-corrected chi connectivity index (χ0v) is 15.3. The van der Waals surface area contributed by atoms with E-state index in [1.165, 1.54) is 0 Å². The van der Waals surface area contributed by atoms with Crippen LogP contribution in [0.25, 0.3) is 0 Å². The monoisotopic (exact) mass is 375 g/mol. The van der Waals surface area contributed by atoms with Crippen molar-refractivity contribution in [1.29, 1.82) is 0 Å². The van der Waals surface area contributed by atoms with Crippen molar-refractivity contribution in [1.82, 2.24) is 0 Å². The Bertz CT molecular complexity index is 1050. The van der Waals surface area contributed by atoms with Crippen LogP contribution in [-0.2, 0) is 0 Å². The van der Waals surface area contributed by atoms with Gasteiger partial charge in [-0.25, -0.2) is 0 Å². The van der Waals surface area contributed by atoms with Gasteiger partial charge in [0, 0.05) is 22.1 Å². The van der Waals surface area contributed by atoms with Crippen molar-refractivity contribution in [3.63, 3.8) is 0 Å². The first-order valence-electron chi connectivity index (χ1n) is 8.79. The van der Waals surface area contributed by atoms with Crippen LogP contribution in [0.1, 0.15) is 22.8 Å². The van der Waals surface area contributed by atoms with E-state index in [-0.39, 0.29) is 17.8 Å². The van der Waals surface area contributed by atoms with Gasteiger partial charge in [-0.2, -0.15) is 0 Å². The number of aromatic hydroxyl groups is 1. The average molecular weight is 375 g/mol. The largest absolute Gasteiger partial charge is 0.507 e. The van der Waals surface area contributed by atoms with Gasteiger partial charge >= 0.3 is 0 Å². The summed E-state index contributed by atoms with van der Waals surface area (Å²) in [6.07, 6.45) is 0.705. The SMILES string of the molecule is Oc1ccccc1C1=Nc2ccccc2SC(c2ccc3c(c2)OCO3)C1. The molecule has 0 aliphatic carbocycles. The van der Waals surface area contributed by atoms with E-state index in [1.807, 2.05) is 42.5 Å². The lowest BCUT2D eigenvalue weighted by molar-refractivity contribution is 0.174. The summed E-state index contributed by atoms with van der Waals surface area (Å²) < 4.78 is 11.0. The van der Waals surface area contributed by atoms with E-state index in [4.69, 9.17) is 14.5 Å². The maximum atomic E-state index is 10.4. The van der Waals surface area contributed by atoms with Crippen LogP contribution in [0.15, 0.2) is 76.6 Å². The van der Waals surface area contributed by atoms with Crippen molar-refractivity contribution < 1.29 is 14.6 Å². The van der Waals surface area contributed by atoms with Crippen LogP contribution in [0.4, 0.5) is 5.69 Å². The first-order valence-corrected chi connectivity index (χ1v) is 9.67. The zero-order valence-electron chi connectivity index (χ0n) is 14.5. The number of hydrogen-bond donors (Lipinski definition) is 1. The third-order valence-electron chi connectivity index (χ3n) is 4.75. The van der Waals surface area contributed by atoms with Crippen molar-refractivity contribution in [3.8, 4) is 17.2 Å². The number of hydrogen-bond acceptors (Lipinski definition) is 5. The van der Waals surface area contributed by atoms with E-state index in [1.54, 1.807) is 17.8 Å². The normalized spacial score (nSPS) is 17.8. The van der Waals surface area contributed by atoms with Crippen molar-refractivity contribution in [2.24, 2.45) is 4.99 Å². The number of phenols is 1. The number of phenolic OH excluding ortho intramolecular Hbond substituents is 1. The molecule has 0 saturated carbocycles. The van der Waals surface area contributed by atoms with Gasteiger partial charge in [0.2, 0.25) is 6.79 Å². The van der Waals surface area contributed by atoms with Crippen LogP contribution in [0.2, 0.25) is 0 Å². The number of ether oxygens (including phenoxy) is 2. The molecule has 3 aromatic rings. The summed E-state index contributed by atoms with van der Waals surface area (Å²) in [5, 5.41) is 10.5. The molecule has 0 spiro atoms. The molecule has 3 aromatic carbocycles. The minimum absolute atomic E-state index is 0.154. The summed E-state index contributed by atoms with van der Waals surface area (Å²) >= 11 is 1.79. The number of aliphatic imine (C=N–C) groups is 1. The lowest BCUT2D eigenvalue weighted by Crippen LogP contribution is -2.05. The highest BCUT2D eigenvalue weighted by Gasteiger charge is 2.25. The Kier molecular flexibility index (Phi) is 4.02. The topological polar surface area (TPSA) is 51.1 Å². The van der Waals surface area contributed by atoms with Gasteiger partial charge in [0.25, 0.3) is 0 Å². The van der Waals surface area contributed by atoms with E-state index in [9.17, 15) is 5.11 Å². The molecule has 0 amide bonds. The third-order valence-corrected chi connectivity index (χ3v) is 6.07. The molecule has 4 nitrogen and oxygen atoms in total. The van der Waals surface area contributed by atoms with Crippen molar-refractivity contribution in [3.05, 3.63) is 77.9 Å². The maximum Gasteiger partial charge on any atom is 0.231 e. The molecule has 1 atom stereocenters. The predicted octanol–water partition coefficient (Wildman–Crippen LogP) is 5.48. The van der Waals surface area contributed by atoms with Gasteiger partial charge in [0.05, 0.1) is 11.4 Å². The van der Waals surface area contributed by atoms with Crippen LogP contribution in [0, 0.1) is 0 Å². The first kappa shape index (κ1) is 16.3. The molecule has 0 radical (unpaired) electrons. The van der Waals surface area contributed by atoms with E-state index in [2.05, 4.69) is 18.2 Å². The molecule has 1 N–H and O–H groups in total. The molecule has 0 saturated heterocycles. The van der Waals surface area contributed by atoms with Gasteiger partial charge in [0.15, 0.2) is 11.5 Å². The summed E-state index contributed by atoms with van der Waals surface area (Å²) in [6.45, 7) is 0.268. The van der Waals surface area contributed by atoms with Crippen LogP contribution >= 0.6 is 11.8 Å². The standard InChI is InChI=1S/C22H17NO3S/c24-18-7-3-1-5-15(18)17-12-22(27-21-8-4-2-6-16(21)23-17)14-9-10-19-20(11-14)26-13-25-19/h1-11,22,24H,12-13H2. The minimum atomic E-state index is 0.154. The highest BCUT2D eigenvalue weighted by molar-refractivity contribution is 7.99. The predicted molar refractivity (Wildman–Crippen MR) is 107 cm³/mol. The molecule has 134 valence electrons. The van der Waals surface area contributed by atoms with E-state index in [0.29, 0.717) is 6.42 Å². The fourth-order valence-electron chi connectivity index (χ4n) is 3.40. The molecule has 1 unspecified atom stereocenters. The molecule has 0 bridgehead atoms. The van der Waals surface area contributed by atoms with Gasteiger partial charge in [-0.15, -0.1) is 11.8 Å². The molecular formula is C22H17NO3S. The minimum Gasteiger partial charge on any atom is -0.507 e. The van der Waals surface area contributed by atoms with E-state index in [0.717, 1.165) is 38.9 Å². The number of rotatable bonds is 2. The summed E-state index contributed by atoms with van der Waals surface area (Å²) in [6, 6.07) is 21.6. The molecule has 2 aliphatic heterocycles.